The molecule has 106 valence electrons. The first-order valence-electron chi connectivity index (χ1n) is 7.10. The minimum absolute atomic E-state index is 0.505. The van der Waals surface area contributed by atoms with Crippen LogP contribution >= 0.6 is 11.3 Å². The summed E-state index contributed by atoms with van der Waals surface area (Å²) in [6, 6.07) is 22.3. The average Bonchev–Trinajstić information content (AvgIpc) is 2.92. The van der Waals surface area contributed by atoms with E-state index in [-0.39, 0.29) is 0 Å². The second-order valence-electron chi connectivity index (χ2n) is 5.30. The summed E-state index contributed by atoms with van der Waals surface area (Å²) in [5.74, 6) is 0. The van der Waals surface area contributed by atoms with Gasteiger partial charge in [0.15, 0.2) is 0 Å². The molecule has 0 bridgehead atoms. The van der Waals surface area contributed by atoms with Gasteiger partial charge in [0, 0.05) is 20.2 Å². The van der Waals surface area contributed by atoms with Crippen molar-refractivity contribution < 1.29 is 10.0 Å². The maximum atomic E-state index is 9.17. The first kappa shape index (κ1) is 13.5. The van der Waals surface area contributed by atoms with Gasteiger partial charge < -0.3 is 10.0 Å². The molecular formula is C18H13BO2S. The molecule has 22 heavy (non-hydrogen) atoms. The van der Waals surface area contributed by atoms with Crippen molar-refractivity contribution in [2.75, 3.05) is 0 Å². The highest BCUT2D eigenvalue weighted by atomic mass is 32.1. The molecular weight excluding hydrogens is 291 g/mol. The third kappa shape index (κ3) is 2.22. The lowest BCUT2D eigenvalue weighted by atomic mass is 9.80. The van der Waals surface area contributed by atoms with Crippen LogP contribution in [0.1, 0.15) is 0 Å². The molecule has 2 N–H and O–H groups in total. The quantitative estimate of drug-likeness (QED) is 0.557. The molecule has 0 aliphatic carbocycles. The van der Waals surface area contributed by atoms with Crippen LogP contribution in [-0.2, 0) is 0 Å². The zero-order valence-corrected chi connectivity index (χ0v) is 12.5. The Labute approximate surface area is 132 Å². The van der Waals surface area contributed by atoms with Gasteiger partial charge >= 0.3 is 7.12 Å². The van der Waals surface area contributed by atoms with Crippen molar-refractivity contribution >= 4 is 44.1 Å². The SMILES string of the molecule is OB(O)c1ccc(-c2ccc3sc4ccccc4c3c2)cc1. The second-order valence-corrected chi connectivity index (χ2v) is 6.39. The topological polar surface area (TPSA) is 40.5 Å². The van der Waals surface area contributed by atoms with E-state index in [9.17, 15) is 10.0 Å². The normalized spacial score (nSPS) is 11.2. The molecule has 1 aromatic heterocycles. The van der Waals surface area contributed by atoms with Gasteiger partial charge in [-0.15, -0.1) is 11.3 Å². The third-order valence-electron chi connectivity index (χ3n) is 3.92. The highest BCUT2D eigenvalue weighted by Crippen LogP contribution is 2.35. The zero-order chi connectivity index (χ0) is 15.1. The smallest absolute Gasteiger partial charge is 0.423 e. The van der Waals surface area contributed by atoms with Crippen molar-refractivity contribution in [1.82, 2.24) is 0 Å². The number of thiophene rings is 1. The van der Waals surface area contributed by atoms with Crippen molar-refractivity contribution in [2.24, 2.45) is 0 Å². The number of benzene rings is 3. The van der Waals surface area contributed by atoms with Crippen molar-refractivity contribution in [3.8, 4) is 11.1 Å². The first-order valence-corrected chi connectivity index (χ1v) is 7.92. The Bertz CT molecular complexity index is 958. The van der Waals surface area contributed by atoms with Gasteiger partial charge in [-0.1, -0.05) is 48.5 Å². The molecule has 4 heteroatoms. The van der Waals surface area contributed by atoms with Gasteiger partial charge in [0.2, 0.25) is 0 Å². The summed E-state index contributed by atoms with van der Waals surface area (Å²) in [5, 5.41) is 20.9. The minimum Gasteiger partial charge on any atom is -0.423 e. The van der Waals surface area contributed by atoms with Gasteiger partial charge in [0.25, 0.3) is 0 Å². The molecule has 0 spiro atoms. The maximum Gasteiger partial charge on any atom is 0.488 e. The third-order valence-corrected chi connectivity index (χ3v) is 5.07. The first-order chi connectivity index (χ1) is 10.7. The van der Waals surface area contributed by atoms with Gasteiger partial charge in [0.1, 0.15) is 0 Å². The summed E-state index contributed by atoms with van der Waals surface area (Å²) >= 11 is 1.81. The predicted molar refractivity (Wildman–Crippen MR) is 94.6 cm³/mol. The molecule has 0 saturated carbocycles. The monoisotopic (exact) mass is 304 g/mol. The van der Waals surface area contributed by atoms with E-state index in [2.05, 4.69) is 42.5 Å². The van der Waals surface area contributed by atoms with E-state index in [4.69, 9.17) is 0 Å². The fourth-order valence-corrected chi connectivity index (χ4v) is 3.84. The molecule has 0 atom stereocenters. The second kappa shape index (κ2) is 5.25. The van der Waals surface area contributed by atoms with E-state index >= 15 is 0 Å². The van der Waals surface area contributed by atoms with E-state index < -0.39 is 7.12 Å². The zero-order valence-electron chi connectivity index (χ0n) is 11.7. The fourth-order valence-electron chi connectivity index (χ4n) is 2.75. The molecule has 0 saturated heterocycles. The highest BCUT2D eigenvalue weighted by molar-refractivity contribution is 7.25. The molecule has 4 rings (SSSR count). The van der Waals surface area contributed by atoms with Crippen LogP contribution in [0.15, 0.2) is 66.7 Å². The van der Waals surface area contributed by atoms with Crippen LogP contribution in [-0.4, -0.2) is 17.2 Å². The molecule has 0 radical (unpaired) electrons. The van der Waals surface area contributed by atoms with E-state index in [1.165, 1.54) is 20.2 Å². The standard InChI is InChI=1S/C18H13BO2S/c20-19(21)14-8-5-12(6-9-14)13-7-10-18-16(11-13)15-3-1-2-4-17(15)22-18/h1-11,20-21H. The van der Waals surface area contributed by atoms with Crippen molar-refractivity contribution in [1.29, 1.82) is 0 Å². The number of hydrogen-bond donors (Lipinski definition) is 2. The Balaban J connectivity index is 1.86. The van der Waals surface area contributed by atoms with E-state index in [1.807, 2.05) is 12.1 Å². The molecule has 3 aromatic carbocycles. The van der Waals surface area contributed by atoms with Gasteiger partial charge in [0.05, 0.1) is 0 Å². The summed E-state index contributed by atoms with van der Waals surface area (Å²) in [6.45, 7) is 0. The Morgan fingerprint density at radius 1 is 0.682 bits per heavy atom. The molecule has 0 amide bonds. The Hall–Kier alpha value is -2.14. The summed E-state index contributed by atoms with van der Waals surface area (Å²) in [4.78, 5) is 0. The van der Waals surface area contributed by atoms with E-state index in [0.717, 1.165) is 11.1 Å². The van der Waals surface area contributed by atoms with Gasteiger partial charge in [-0.25, -0.2) is 0 Å². The Kier molecular flexibility index (Phi) is 3.23. The largest absolute Gasteiger partial charge is 0.488 e. The molecule has 0 unspecified atom stereocenters. The number of hydrogen-bond acceptors (Lipinski definition) is 3. The highest BCUT2D eigenvalue weighted by Gasteiger charge is 2.11. The predicted octanol–water partition coefficient (Wildman–Crippen LogP) is 3.40. The van der Waals surface area contributed by atoms with Crippen LogP contribution in [0, 0.1) is 0 Å². The fraction of sp³-hybridized carbons (Fsp3) is 0. The van der Waals surface area contributed by atoms with Gasteiger partial charge in [-0.3, -0.25) is 0 Å². The Morgan fingerprint density at radius 2 is 1.36 bits per heavy atom. The maximum absolute atomic E-state index is 9.17. The van der Waals surface area contributed by atoms with E-state index in [1.54, 1.807) is 23.5 Å². The molecule has 1 heterocycles. The summed E-state index contributed by atoms with van der Waals surface area (Å²) in [6.07, 6.45) is 0. The lowest BCUT2D eigenvalue weighted by Gasteiger charge is -2.04. The van der Waals surface area contributed by atoms with Gasteiger partial charge in [-0.2, -0.15) is 0 Å². The van der Waals surface area contributed by atoms with Crippen molar-refractivity contribution in [3.05, 3.63) is 66.7 Å². The van der Waals surface area contributed by atoms with Crippen LogP contribution in [0.5, 0.6) is 0 Å². The number of fused-ring (bicyclic) bond motifs is 3. The van der Waals surface area contributed by atoms with E-state index in [0.29, 0.717) is 5.46 Å². The van der Waals surface area contributed by atoms with Crippen LogP contribution in [0.25, 0.3) is 31.3 Å². The average molecular weight is 304 g/mol. The lowest BCUT2D eigenvalue weighted by Crippen LogP contribution is -2.29. The molecule has 0 fully saturated rings. The molecule has 4 aromatic rings. The minimum atomic E-state index is -1.42. The van der Waals surface area contributed by atoms with Gasteiger partial charge in [-0.05, 0) is 34.8 Å². The summed E-state index contributed by atoms with van der Waals surface area (Å²) < 4.78 is 2.58. The van der Waals surface area contributed by atoms with Crippen LogP contribution in [0.4, 0.5) is 0 Å². The van der Waals surface area contributed by atoms with Crippen LogP contribution in [0.2, 0.25) is 0 Å². The Morgan fingerprint density at radius 3 is 2.14 bits per heavy atom. The summed E-state index contributed by atoms with van der Waals surface area (Å²) in [7, 11) is -1.42. The lowest BCUT2D eigenvalue weighted by molar-refractivity contribution is 0.426. The molecule has 2 nitrogen and oxygen atoms in total. The molecule has 0 aliphatic heterocycles. The number of rotatable bonds is 2. The van der Waals surface area contributed by atoms with Crippen molar-refractivity contribution in [3.63, 3.8) is 0 Å². The van der Waals surface area contributed by atoms with Crippen molar-refractivity contribution in [2.45, 2.75) is 0 Å². The van der Waals surface area contributed by atoms with Crippen LogP contribution < -0.4 is 5.46 Å². The molecule has 0 aliphatic rings. The summed E-state index contributed by atoms with van der Waals surface area (Å²) in [5.41, 5.74) is 2.71. The van der Waals surface area contributed by atoms with Crippen LogP contribution in [0.3, 0.4) is 0 Å².